The molecule has 3 aromatic rings. The maximum Gasteiger partial charge on any atom is 0.391 e. The van der Waals surface area contributed by atoms with E-state index in [0.717, 1.165) is 16.5 Å². The number of nitrogens with zero attached hydrogens (tertiary/aromatic N) is 2. The largest absolute Gasteiger partial charge is 0.459 e. The summed E-state index contributed by atoms with van der Waals surface area (Å²) in [4.78, 5) is 14.8. The SMILES string of the molecule is CC(C)(Oc1ccnn1-c1cccc2ccccc12)C(=O)OF. The van der Waals surface area contributed by atoms with Gasteiger partial charge in [-0.15, -0.1) is 0 Å². The molecular formula is C17H15FN2O3. The second-order valence-corrected chi connectivity index (χ2v) is 5.56. The highest BCUT2D eigenvalue weighted by Gasteiger charge is 2.34. The van der Waals surface area contributed by atoms with Crippen molar-refractivity contribution in [3.05, 3.63) is 54.7 Å². The fourth-order valence-corrected chi connectivity index (χ4v) is 2.34. The van der Waals surface area contributed by atoms with Crippen molar-refractivity contribution in [2.45, 2.75) is 19.4 Å². The van der Waals surface area contributed by atoms with Crippen molar-refractivity contribution in [2.75, 3.05) is 0 Å². The van der Waals surface area contributed by atoms with Crippen molar-refractivity contribution in [1.82, 2.24) is 9.78 Å². The molecule has 2 aromatic carbocycles. The number of aromatic nitrogens is 2. The van der Waals surface area contributed by atoms with E-state index in [1.165, 1.54) is 13.8 Å². The fourth-order valence-electron chi connectivity index (χ4n) is 2.34. The summed E-state index contributed by atoms with van der Waals surface area (Å²) in [5, 5.41) is 6.28. The van der Waals surface area contributed by atoms with Gasteiger partial charge in [0.1, 0.15) is 0 Å². The zero-order chi connectivity index (χ0) is 16.4. The molecular weight excluding hydrogens is 299 g/mol. The van der Waals surface area contributed by atoms with Gasteiger partial charge in [0, 0.05) is 16.0 Å². The minimum atomic E-state index is -1.48. The molecule has 1 aromatic heterocycles. The van der Waals surface area contributed by atoms with E-state index in [9.17, 15) is 9.32 Å². The quantitative estimate of drug-likeness (QED) is 0.738. The third-order valence-electron chi connectivity index (χ3n) is 3.52. The highest BCUT2D eigenvalue weighted by molar-refractivity contribution is 5.90. The Kier molecular flexibility index (Phi) is 3.73. The summed E-state index contributed by atoms with van der Waals surface area (Å²) in [5.74, 6) is -0.792. The molecule has 1 heterocycles. The van der Waals surface area contributed by atoms with Crippen LogP contribution in [-0.2, 0) is 9.74 Å². The topological polar surface area (TPSA) is 53.4 Å². The summed E-state index contributed by atoms with van der Waals surface area (Å²) in [6.45, 7) is 2.85. The van der Waals surface area contributed by atoms with Crippen molar-refractivity contribution in [3.63, 3.8) is 0 Å². The van der Waals surface area contributed by atoms with Crippen molar-refractivity contribution in [3.8, 4) is 11.6 Å². The van der Waals surface area contributed by atoms with E-state index in [0.29, 0.717) is 5.88 Å². The predicted octanol–water partition coefficient (Wildman–Crippen LogP) is 3.61. The van der Waals surface area contributed by atoms with E-state index in [1.807, 2.05) is 42.5 Å². The van der Waals surface area contributed by atoms with Crippen LogP contribution in [0.25, 0.3) is 16.5 Å². The van der Waals surface area contributed by atoms with Gasteiger partial charge in [-0.05, 0) is 25.3 Å². The van der Waals surface area contributed by atoms with E-state index in [4.69, 9.17) is 4.74 Å². The molecule has 0 N–H and O–H groups in total. The van der Waals surface area contributed by atoms with Gasteiger partial charge in [0.25, 0.3) is 0 Å². The summed E-state index contributed by atoms with van der Waals surface area (Å²) < 4.78 is 19.4. The van der Waals surface area contributed by atoms with Crippen molar-refractivity contribution in [2.24, 2.45) is 0 Å². The zero-order valence-electron chi connectivity index (χ0n) is 12.7. The number of fused-ring (bicyclic) bond motifs is 1. The monoisotopic (exact) mass is 314 g/mol. The lowest BCUT2D eigenvalue weighted by molar-refractivity contribution is -0.199. The summed E-state index contributed by atoms with van der Waals surface area (Å²) in [6, 6.07) is 15.2. The van der Waals surface area contributed by atoms with Crippen molar-refractivity contribution < 1.29 is 19.0 Å². The molecule has 0 bridgehead atoms. The van der Waals surface area contributed by atoms with Crippen LogP contribution in [0.4, 0.5) is 4.53 Å². The van der Waals surface area contributed by atoms with Crippen LogP contribution in [0.2, 0.25) is 0 Å². The molecule has 23 heavy (non-hydrogen) atoms. The Balaban J connectivity index is 2.06. The highest BCUT2D eigenvalue weighted by Crippen LogP contribution is 2.27. The highest BCUT2D eigenvalue weighted by atomic mass is 19.3. The Morgan fingerprint density at radius 1 is 1.13 bits per heavy atom. The van der Waals surface area contributed by atoms with Crippen LogP contribution in [0.15, 0.2) is 54.7 Å². The van der Waals surface area contributed by atoms with E-state index >= 15 is 0 Å². The normalized spacial score (nSPS) is 11.4. The molecule has 0 aliphatic rings. The first-order valence-corrected chi connectivity index (χ1v) is 7.07. The molecule has 0 spiro atoms. The minimum Gasteiger partial charge on any atom is -0.459 e. The van der Waals surface area contributed by atoms with Gasteiger partial charge in [-0.2, -0.15) is 5.10 Å². The molecule has 0 aliphatic carbocycles. The van der Waals surface area contributed by atoms with E-state index in [1.54, 1.807) is 16.9 Å². The summed E-state index contributed by atoms with van der Waals surface area (Å²) >= 11 is 0. The van der Waals surface area contributed by atoms with E-state index in [2.05, 4.69) is 10.0 Å². The summed E-state index contributed by atoms with van der Waals surface area (Å²) in [6.07, 6.45) is 1.55. The van der Waals surface area contributed by atoms with Gasteiger partial charge in [0.05, 0.1) is 11.9 Å². The second kappa shape index (κ2) is 5.72. The zero-order valence-corrected chi connectivity index (χ0v) is 12.7. The number of carbonyl (C=O) groups excluding carboxylic acids is 1. The van der Waals surface area contributed by atoms with Gasteiger partial charge >= 0.3 is 5.97 Å². The van der Waals surface area contributed by atoms with Gasteiger partial charge in [0.15, 0.2) is 0 Å². The number of hydrogen-bond acceptors (Lipinski definition) is 4. The van der Waals surface area contributed by atoms with Gasteiger partial charge in [0.2, 0.25) is 11.5 Å². The Morgan fingerprint density at radius 3 is 2.65 bits per heavy atom. The van der Waals surface area contributed by atoms with Crippen LogP contribution in [0.1, 0.15) is 13.8 Å². The van der Waals surface area contributed by atoms with Gasteiger partial charge in [-0.25, -0.2) is 9.48 Å². The van der Waals surface area contributed by atoms with E-state index < -0.39 is 11.6 Å². The number of ether oxygens (including phenoxy) is 1. The van der Waals surface area contributed by atoms with Crippen LogP contribution in [0.3, 0.4) is 0 Å². The first-order valence-electron chi connectivity index (χ1n) is 7.07. The molecule has 0 fully saturated rings. The molecule has 0 aliphatic heterocycles. The fraction of sp³-hybridized carbons (Fsp3) is 0.176. The predicted molar refractivity (Wildman–Crippen MR) is 83.0 cm³/mol. The number of rotatable bonds is 4. The molecule has 3 rings (SSSR count). The van der Waals surface area contributed by atoms with Gasteiger partial charge in [-0.3, -0.25) is 4.94 Å². The van der Waals surface area contributed by atoms with Gasteiger partial charge in [-0.1, -0.05) is 36.4 Å². The first kappa shape index (κ1) is 15.0. The standard InChI is InChI=1S/C17H15FN2O3/c1-17(2,16(21)23-18)22-15-10-11-19-20(15)14-9-5-7-12-6-3-4-8-13(12)14/h3-11H,1-2H3. The Bertz CT molecular complexity index is 852. The number of halogens is 1. The lowest BCUT2D eigenvalue weighted by Crippen LogP contribution is -2.39. The minimum absolute atomic E-state index is 0.316. The lowest BCUT2D eigenvalue weighted by Gasteiger charge is -2.22. The molecule has 0 saturated carbocycles. The maximum atomic E-state index is 12.2. The van der Waals surface area contributed by atoms with E-state index in [-0.39, 0.29) is 0 Å². The smallest absolute Gasteiger partial charge is 0.391 e. The molecule has 0 radical (unpaired) electrons. The number of carbonyl (C=O) groups is 1. The van der Waals surface area contributed by atoms with Crippen molar-refractivity contribution in [1.29, 1.82) is 0 Å². The Labute approximate surface area is 132 Å². The van der Waals surface area contributed by atoms with Crippen LogP contribution in [-0.4, -0.2) is 21.4 Å². The molecule has 5 nitrogen and oxygen atoms in total. The number of hydrogen-bond donors (Lipinski definition) is 0. The average molecular weight is 314 g/mol. The molecule has 6 heteroatoms. The van der Waals surface area contributed by atoms with Crippen LogP contribution in [0.5, 0.6) is 5.88 Å². The van der Waals surface area contributed by atoms with Gasteiger partial charge < -0.3 is 4.74 Å². The van der Waals surface area contributed by atoms with Crippen molar-refractivity contribution >= 4 is 16.7 Å². The molecule has 0 saturated heterocycles. The molecule has 0 unspecified atom stereocenters. The Hall–Kier alpha value is -2.89. The third-order valence-corrected chi connectivity index (χ3v) is 3.52. The lowest BCUT2D eigenvalue weighted by atomic mass is 10.1. The number of benzene rings is 2. The summed E-state index contributed by atoms with van der Waals surface area (Å²) in [5.41, 5.74) is -0.676. The Morgan fingerprint density at radius 2 is 1.87 bits per heavy atom. The third kappa shape index (κ3) is 2.75. The summed E-state index contributed by atoms with van der Waals surface area (Å²) in [7, 11) is 0. The van der Waals surface area contributed by atoms with Crippen LogP contribution in [0, 0.1) is 0 Å². The molecule has 0 amide bonds. The maximum absolute atomic E-state index is 12.2. The molecule has 0 atom stereocenters. The second-order valence-electron chi connectivity index (χ2n) is 5.56. The van der Waals surface area contributed by atoms with Crippen LogP contribution < -0.4 is 4.74 Å². The van der Waals surface area contributed by atoms with Crippen LogP contribution >= 0.6 is 0 Å². The average Bonchev–Trinajstić information content (AvgIpc) is 3.00. The first-order chi connectivity index (χ1) is 11.0. The molecule has 118 valence electrons.